The van der Waals surface area contributed by atoms with Crippen molar-refractivity contribution >= 4 is 17.6 Å². The van der Waals surface area contributed by atoms with Gasteiger partial charge in [0.1, 0.15) is 6.61 Å². The summed E-state index contributed by atoms with van der Waals surface area (Å²) in [6.45, 7) is 2.07. The molecule has 94 valence electrons. The number of halogens is 1. The fourth-order valence-electron chi connectivity index (χ4n) is 1.34. The number of H-pyrrole nitrogens is 1. The lowest BCUT2D eigenvalue weighted by Gasteiger charge is -2.05. The van der Waals surface area contributed by atoms with E-state index in [1.54, 1.807) is 6.07 Å². The number of carboxylic acids is 1. The molecule has 1 aromatic heterocycles. The second-order valence-electron chi connectivity index (χ2n) is 3.67. The fraction of sp³-hybridized carbons (Fsp3) is 0.182. The zero-order chi connectivity index (χ0) is 13.1. The Bertz CT molecular complexity index is 583. The summed E-state index contributed by atoms with van der Waals surface area (Å²) in [4.78, 5) is 10.8. The lowest BCUT2D eigenvalue weighted by Crippen LogP contribution is -2.03. The van der Waals surface area contributed by atoms with Crippen molar-refractivity contribution in [1.82, 2.24) is 15.4 Å². The monoisotopic (exact) mass is 267 g/mol. The third-order valence-corrected chi connectivity index (χ3v) is 2.75. The first-order valence-electron chi connectivity index (χ1n) is 5.10. The standard InChI is InChI=1S/C11H10ClN3O3/c1-6-2-3-7(4-8(6)12)5-18-10-9(11(16)17)13-15-14-10/h2-4H,5H2,1H3,(H,16,17)(H,13,14,15). The van der Waals surface area contributed by atoms with Gasteiger partial charge in [0.25, 0.3) is 5.88 Å². The number of aromatic nitrogens is 3. The highest BCUT2D eigenvalue weighted by Crippen LogP contribution is 2.18. The smallest absolute Gasteiger partial charge is 0.359 e. The second kappa shape index (κ2) is 5.05. The number of hydrogen-bond acceptors (Lipinski definition) is 4. The van der Waals surface area contributed by atoms with Crippen LogP contribution in [0.15, 0.2) is 18.2 Å². The van der Waals surface area contributed by atoms with Crippen molar-refractivity contribution < 1.29 is 14.6 Å². The number of aryl methyl sites for hydroxylation is 1. The largest absolute Gasteiger partial charge is 0.476 e. The Morgan fingerprint density at radius 3 is 3.00 bits per heavy atom. The van der Waals surface area contributed by atoms with Gasteiger partial charge in [0, 0.05) is 5.02 Å². The Hall–Kier alpha value is -2.08. The third-order valence-electron chi connectivity index (χ3n) is 2.34. The Morgan fingerprint density at radius 2 is 2.33 bits per heavy atom. The van der Waals surface area contributed by atoms with Crippen LogP contribution in [-0.2, 0) is 6.61 Å². The van der Waals surface area contributed by atoms with Gasteiger partial charge in [0.15, 0.2) is 0 Å². The van der Waals surface area contributed by atoms with E-state index in [4.69, 9.17) is 21.4 Å². The van der Waals surface area contributed by atoms with Crippen LogP contribution in [0.3, 0.4) is 0 Å². The van der Waals surface area contributed by atoms with Crippen molar-refractivity contribution in [2.75, 3.05) is 0 Å². The number of carbonyl (C=O) groups is 1. The zero-order valence-corrected chi connectivity index (χ0v) is 10.2. The van der Waals surface area contributed by atoms with Crippen molar-refractivity contribution in [3.63, 3.8) is 0 Å². The molecular weight excluding hydrogens is 258 g/mol. The minimum Gasteiger partial charge on any atom is -0.476 e. The fourth-order valence-corrected chi connectivity index (χ4v) is 1.54. The molecule has 0 bridgehead atoms. The Morgan fingerprint density at radius 1 is 1.56 bits per heavy atom. The summed E-state index contributed by atoms with van der Waals surface area (Å²) in [7, 11) is 0. The molecule has 0 amide bonds. The maximum absolute atomic E-state index is 10.8. The van der Waals surface area contributed by atoms with E-state index in [0.29, 0.717) is 5.02 Å². The lowest BCUT2D eigenvalue weighted by molar-refractivity contribution is 0.0685. The molecule has 2 N–H and O–H groups in total. The number of carboxylic acid groups (broad SMARTS) is 1. The molecule has 18 heavy (non-hydrogen) atoms. The van der Waals surface area contributed by atoms with Crippen LogP contribution in [0.5, 0.6) is 5.88 Å². The van der Waals surface area contributed by atoms with Crippen LogP contribution in [-0.4, -0.2) is 26.5 Å². The Balaban J connectivity index is 2.09. The van der Waals surface area contributed by atoms with Gasteiger partial charge < -0.3 is 9.84 Å². The third kappa shape index (κ3) is 2.60. The van der Waals surface area contributed by atoms with Crippen LogP contribution >= 0.6 is 11.6 Å². The molecule has 0 aliphatic rings. The summed E-state index contributed by atoms with van der Waals surface area (Å²) in [6, 6.07) is 5.47. The van der Waals surface area contributed by atoms with Gasteiger partial charge in [-0.05, 0) is 24.1 Å². The van der Waals surface area contributed by atoms with E-state index in [1.807, 2.05) is 19.1 Å². The minimum atomic E-state index is -1.17. The number of nitrogens with zero attached hydrogens (tertiary/aromatic N) is 2. The Labute approximate surface area is 108 Å². The predicted octanol–water partition coefficient (Wildman–Crippen LogP) is 2.04. The molecule has 0 atom stereocenters. The molecule has 2 aromatic rings. The number of nitrogens with one attached hydrogen (secondary N) is 1. The van der Waals surface area contributed by atoms with Gasteiger partial charge in [0.2, 0.25) is 5.69 Å². The predicted molar refractivity (Wildman–Crippen MR) is 63.9 cm³/mol. The van der Waals surface area contributed by atoms with E-state index in [2.05, 4.69) is 15.4 Å². The number of benzene rings is 1. The van der Waals surface area contributed by atoms with Crippen LogP contribution in [0.4, 0.5) is 0 Å². The van der Waals surface area contributed by atoms with Crippen LogP contribution in [0.2, 0.25) is 5.02 Å². The first-order valence-corrected chi connectivity index (χ1v) is 5.48. The number of rotatable bonds is 4. The average molecular weight is 268 g/mol. The molecule has 2 rings (SSSR count). The summed E-state index contributed by atoms with van der Waals surface area (Å²) in [5.41, 5.74) is 1.62. The van der Waals surface area contributed by atoms with Gasteiger partial charge in [-0.3, -0.25) is 0 Å². The maximum atomic E-state index is 10.8. The van der Waals surface area contributed by atoms with Crippen LogP contribution in [0.25, 0.3) is 0 Å². The molecule has 0 fully saturated rings. The van der Waals surface area contributed by atoms with E-state index in [9.17, 15) is 4.79 Å². The van der Waals surface area contributed by atoms with Crippen LogP contribution in [0.1, 0.15) is 21.6 Å². The average Bonchev–Trinajstić information content (AvgIpc) is 2.79. The molecule has 1 heterocycles. The summed E-state index contributed by atoms with van der Waals surface area (Å²) >= 11 is 5.97. The molecule has 7 heteroatoms. The molecule has 0 saturated heterocycles. The van der Waals surface area contributed by atoms with Gasteiger partial charge >= 0.3 is 5.97 Å². The zero-order valence-electron chi connectivity index (χ0n) is 9.48. The van der Waals surface area contributed by atoms with E-state index >= 15 is 0 Å². The number of hydrogen-bond donors (Lipinski definition) is 2. The first-order chi connectivity index (χ1) is 8.58. The van der Waals surface area contributed by atoms with Crippen molar-refractivity contribution in [1.29, 1.82) is 0 Å². The van der Waals surface area contributed by atoms with Gasteiger partial charge in [-0.25, -0.2) is 9.89 Å². The van der Waals surface area contributed by atoms with Gasteiger partial charge in [-0.15, -0.1) is 0 Å². The van der Waals surface area contributed by atoms with Crippen molar-refractivity contribution in [3.8, 4) is 5.88 Å². The van der Waals surface area contributed by atoms with E-state index in [1.165, 1.54) is 0 Å². The quantitative estimate of drug-likeness (QED) is 0.885. The highest BCUT2D eigenvalue weighted by Gasteiger charge is 2.15. The molecule has 0 aliphatic carbocycles. The lowest BCUT2D eigenvalue weighted by atomic mass is 10.2. The normalized spacial score (nSPS) is 10.3. The summed E-state index contributed by atoms with van der Waals surface area (Å²) in [6.07, 6.45) is 0. The summed E-state index contributed by atoms with van der Waals surface area (Å²) in [5.74, 6) is -1.21. The molecule has 0 spiro atoms. The number of aromatic amines is 1. The molecule has 0 radical (unpaired) electrons. The molecular formula is C11H10ClN3O3. The van der Waals surface area contributed by atoms with Crippen LogP contribution < -0.4 is 4.74 Å². The topological polar surface area (TPSA) is 88.1 Å². The summed E-state index contributed by atoms with van der Waals surface area (Å²) < 4.78 is 5.28. The van der Waals surface area contributed by atoms with E-state index in [-0.39, 0.29) is 18.2 Å². The molecule has 6 nitrogen and oxygen atoms in total. The number of aromatic carboxylic acids is 1. The maximum Gasteiger partial charge on any atom is 0.359 e. The van der Waals surface area contributed by atoms with Gasteiger partial charge in [-0.2, -0.15) is 0 Å². The minimum absolute atomic E-state index is 0.0424. The van der Waals surface area contributed by atoms with Crippen LogP contribution in [0, 0.1) is 6.92 Å². The SMILES string of the molecule is Cc1ccc(COc2nn[nH]c2C(=O)O)cc1Cl. The van der Waals surface area contributed by atoms with E-state index in [0.717, 1.165) is 11.1 Å². The number of ether oxygens (including phenoxy) is 1. The highest BCUT2D eigenvalue weighted by atomic mass is 35.5. The van der Waals surface area contributed by atoms with E-state index < -0.39 is 5.97 Å². The molecule has 1 aromatic carbocycles. The van der Waals surface area contributed by atoms with Crippen molar-refractivity contribution in [2.24, 2.45) is 0 Å². The molecule has 0 aliphatic heterocycles. The molecule has 0 saturated carbocycles. The van der Waals surface area contributed by atoms with Crippen molar-refractivity contribution in [3.05, 3.63) is 40.0 Å². The van der Waals surface area contributed by atoms with Gasteiger partial charge in [0.05, 0.1) is 0 Å². The second-order valence-corrected chi connectivity index (χ2v) is 4.08. The first kappa shape index (κ1) is 12.4. The Kier molecular flexibility index (Phi) is 3.47. The van der Waals surface area contributed by atoms with Gasteiger partial charge in [-0.1, -0.05) is 34.0 Å². The summed E-state index contributed by atoms with van der Waals surface area (Å²) in [5, 5.41) is 18.6. The molecule has 0 unspecified atom stereocenters. The highest BCUT2D eigenvalue weighted by molar-refractivity contribution is 6.31. The van der Waals surface area contributed by atoms with Crippen molar-refractivity contribution in [2.45, 2.75) is 13.5 Å².